The molecule has 2 rings (SSSR count). The maximum atomic E-state index is 13.9. The van der Waals surface area contributed by atoms with E-state index >= 15 is 0 Å². The van der Waals surface area contributed by atoms with Crippen molar-refractivity contribution in [2.24, 2.45) is 0 Å². The fourth-order valence-electron chi connectivity index (χ4n) is 1.59. The van der Waals surface area contributed by atoms with Crippen LogP contribution in [0.2, 0.25) is 0 Å². The topological polar surface area (TPSA) is 62.2 Å². The molecular formula is C13H9F3N2O2S. The number of carboxylic acids is 1. The van der Waals surface area contributed by atoms with Gasteiger partial charge in [-0.1, -0.05) is 23.9 Å². The van der Waals surface area contributed by atoms with Gasteiger partial charge in [-0.15, -0.1) is 0 Å². The predicted octanol–water partition coefficient (Wildman–Crippen LogP) is 3.98. The molecule has 0 saturated carbocycles. The predicted molar refractivity (Wildman–Crippen MR) is 72.7 cm³/mol. The number of halogens is 3. The highest BCUT2D eigenvalue weighted by Gasteiger charge is 2.17. The molecule has 0 fully saturated rings. The normalized spacial score (nSPS) is 10.7. The number of benzene rings is 1. The Morgan fingerprint density at radius 3 is 2.67 bits per heavy atom. The minimum Gasteiger partial charge on any atom is -0.478 e. The van der Waals surface area contributed by atoms with E-state index in [4.69, 9.17) is 5.11 Å². The molecule has 0 saturated heterocycles. The van der Waals surface area contributed by atoms with Gasteiger partial charge in [0.05, 0.1) is 5.69 Å². The summed E-state index contributed by atoms with van der Waals surface area (Å²) in [5.41, 5.74) is -0.330. The summed E-state index contributed by atoms with van der Waals surface area (Å²) >= 11 is 0.298. The van der Waals surface area contributed by atoms with Crippen molar-refractivity contribution >= 4 is 29.2 Å². The summed E-state index contributed by atoms with van der Waals surface area (Å²) in [5.74, 6) is -5.46. The summed E-state index contributed by atoms with van der Waals surface area (Å²) in [6.07, 6.45) is 1.12. The highest BCUT2D eigenvalue weighted by Crippen LogP contribution is 2.33. The van der Waals surface area contributed by atoms with Gasteiger partial charge in [0.2, 0.25) is 0 Å². The fraction of sp³-hybridized carbons (Fsp3) is 0.0769. The first kappa shape index (κ1) is 15.2. The van der Waals surface area contributed by atoms with E-state index in [0.29, 0.717) is 11.8 Å². The molecule has 4 nitrogen and oxygen atoms in total. The van der Waals surface area contributed by atoms with Crippen LogP contribution in [-0.2, 0) is 0 Å². The molecule has 0 amide bonds. The molecule has 0 aliphatic heterocycles. The zero-order valence-electron chi connectivity index (χ0n) is 10.4. The summed E-state index contributed by atoms with van der Waals surface area (Å²) in [6, 6.07) is 7.07. The van der Waals surface area contributed by atoms with E-state index in [9.17, 15) is 18.0 Å². The van der Waals surface area contributed by atoms with Crippen LogP contribution in [0.4, 0.5) is 24.7 Å². The van der Waals surface area contributed by atoms with Crippen molar-refractivity contribution in [1.29, 1.82) is 0 Å². The second-order valence-corrected chi connectivity index (χ2v) is 4.86. The zero-order chi connectivity index (χ0) is 15.4. The molecule has 0 unspecified atom stereocenters. The number of anilines is 2. The number of hydrogen-bond acceptors (Lipinski definition) is 4. The molecular weight excluding hydrogens is 305 g/mol. The summed E-state index contributed by atoms with van der Waals surface area (Å²) in [5, 5.41) is 11.4. The molecule has 110 valence electrons. The molecule has 2 aromatic rings. The molecule has 0 bridgehead atoms. The first-order chi connectivity index (χ1) is 9.99. The van der Waals surface area contributed by atoms with Gasteiger partial charge in [0.15, 0.2) is 11.6 Å². The lowest BCUT2D eigenvalue weighted by atomic mass is 10.2. The number of nitrogens with one attached hydrogen (secondary N) is 1. The Morgan fingerprint density at radius 1 is 1.29 bits per heavy atom. The quantitative estimate of drug-likeness (QED) is 0.818. The van der Waals surface area contributed by atoms with E-state index in [1.807, 2.05) is 0 Å². The maximum absolute atomic E-state index is 13.9. The third kappa shape index (κ3) is 3.66. The number of carbonyl (C=O) groups is 1. The smallest absolute Gasteiger partial charge is 0.338 e. The third-order valence-electron chi connectivity index (χ3n) is 2.48. The number of aromatic nitrogens is 1. The number of carboxylic acid groups (broad SMARTS) is 1. The van der Waals surface area contributed by atoms with E-state index in [2.05, 4.69) is 10.3 Å². The van der Waals surface area contributed by atoms with Gasteiger partial charge in [0.25, 0.3) is 5.76 Å². The second kappa shape index (κ2) is 6.49. The maximum Gasteiger partial charge on any atom is 0.338 e. The van der Waals surface area contributed by atoms with Crippen LogP contribution in [0, 0.1) is 5.82 Å². The number of nitrogens with zero attached hydrogens (tertiary/aromatic N) is 1. The van der Waals surface area contributed by atoms with Crippen molar-refractivity contribution in [1.82, 2.24) is 4.98 Å². The van der Waals surface area contributed by atoms with Gasteiger partial charge in [0.1, 0.15) is 5.56 Å². The first-order valence-corrected chi connectivity index (χ1v) is 6.55. The number of aromatic carboxylic acids is 1. The molecule has 0 aliphatic carbocycles. The van der Waals surface area contributed by atoms with E-state index < -0.39 is 23.1 Å². The lowest BCUT2D eigenvalue weighted by molar-refractivity contribution is 0.0692. The zero-order valence-corrected chi connectivity index (χ0v) is 11.2. The standard InChI is InChI=1S/C13H9F3N2O2S/c14-10-7(12(19)20)5-6-17-11(10)18-8-3-1-2-4-9(8)21-13(15)16/h1-6,13H,(H,17,18)(H,19,20). The van der Waals surface area contributed by atoms with Crippen LogP contribution >= 0.6 is 11.8 Å². The van der Waals surface area contributed by atoms with E-state index in [-0.39, 0.29) is 16.4 Å². The average molecular weight is 314 g/mol. The number of hydrogen-bond donors (Lipinski definition) is 2. The molecule has 8 heteroatoms. The molecule has 1 aromatic carbocycles. The van der Waals surface area contributed by atoms with Gasteiger partial charge in [-0.3, -0.25) is 0 Å². The molecule has 21 heavy (non-hydrogen) atoms. The molecule has 1 heterocycles. The molecule has 0 radical (unpaired) electrons. The highest BCUT2D eigenvalue weighted by atomic mass is 32.2. The molecule has 0 atom stereocenters. The van der Waals surface area contributed by atoms with Gasteiger partial charge in [-0.25, -0.2) is 14.2 Å². The van der Waals surface area contributed by atoms with E-state index in [1.54, 1.807) is 12.1 Å². The Morgan fingerprint density at radius 2 is 2.00 bits per heavy atom. The van der Waals surface area contributed by atoms with Crippen molar-refractivity contribution in [3.63, 3.8) is 0 Å². The van der Waals surface area contributed by atoms with Gasteiger partial charge < -0.3 is 10.4 Å². The molecule has 1 aromatic heterocycles. The fourth-order valence-corrected chi connectivity index (χ4v) is 2.19. The largest absolute Gasteiger partial charge is 0.478 e. The van der Waals surface area contributed by atoms with E-state index in [0.717, 1.165) is 12.3 Å². The van der Waals surface area contributed by atoms with Crippen molar-refractivity contribution in [3.05, 3.63) is 47.9 Å². The molecule has 0 aliphatic rings. The number of alkyl halides is 2. The van der Waals surface area contributed by atoms with Crippen LogP contribution < -0.4 is 5.32 Å². The molecule has 0 spiro atoms. The average Bonchev–Trinajstić information content (AvgIpc) is 2.42. The third-order valence-corrected chi connectivity index (χ3v) is 3.26. The van der Waals surface area contributed by atoms with Crippen LogP contribution in [0.5, 0.6) is 0 Å². The van der Waals surface area contributed by atoms with Gasteiger partial charge in [0, 0.05) is 11.1 Å². The first-order valence-electron chi connectivity index (χ1n) is 5.67. The van der Waals surface area contributed by atoms with Crippen LogP contribution in [0.1, 0.15) is 10.4 Å². The van der Waals surface area contributed by atoms with Crippen LogP contribution in [0.25, 0.3) is 0 Å². The van der Waals surface area contributed by atoms with Crippen LogP contribution in [0.15, 0.2) is 41.4 Å². The number of thioether (sulfide) groups is 1. The summed E-state index contributed by atoms with van der Waals surface area (Å²) < 4.78 is 38.9. The van der Waals surface area contributed by atoms with Crippen molar-refractivity contribution in [3.8, 4) is 0 Å². The Labute approximate surface area is 122 Å². The SMILES string of the molecule is O=C(O)c1ccnc(Nc2ccccc2SC(F)F)c1F. The summed E-state index contributed by atoms with van der Waals surface area (Å²) in [7, 11) is 0. The lowest BCUT2D eigenvalue weighted by Gasteiger charge is -2.11. The number of para-hydroxylation sites is 1. The minimum atomic E-state index is -2.63. The van der Waals surface area contributed by atoms with Gasteiger partial charge in [-0.05, 0) is 18.2 Å². The van der Waals surface area contributed by atoms with Gasteiger partial charge in [-0.2, -0.15) is 8.78 Å². The van der Waals surface area contributed by atoms with Crippen molar-refractivity contribution in [2.45, 2.75) is 10.7 Å². The lowest BCUT2D eigenvalue weighted by Crippen LogP contribution is -2.06. The van der Waals surface area contributed by atoms with Gasteiger partial charge >= 0.3 is 5.97 Å². The van der Waals surface area contributed by atoms with Crippen molar-refractivity contribution in [2.75, 3.05) is 5.32 Å². The Bertz CT molecular complexity index is 668. The Hall–Kier alpha value is -2.22. The summed E-state index contributed by atoms with van der Waals surface area (Å²) in [4.78, 5) is 14.7. The highest BCUT2D eigenvalue weighted by molar-refractivity contribution is 7.99. The second-order valence-electron chi connectivity index (χ2n) is 3.83. The molecule has 2 N–H and O–H groups in total. The summed E-state index contributed by atoms with van der Waals surface area (Å²) in [6.45, 7) is 0. The van der Waals surface area contributed by atoms with Crippen LogP contribution in [0.3, 0.4) is 0 Å². The minimum absolute atomic E-state index is 0.203. The Kier molecular flexibility index (Phi) is 4.69. The Balaban J connectivity index is 2.35. The number of pyridine rings is 1. The monoisotopic (exact) mass is 314 g/mol. The van der Waals surface area contributed by atoms with Crippen molar-refractivity contribution < 1.29 is 23.1 Å². The van der Waals surface area contributed by atoms with Crippen LogP contribution in [-0.4, -0.2) is 21.8 Å². The van der Waals surface area contributed by atoms with E-state index in [1.165, 1.54) is 12.1 Å². The number of rotatable bonds is 5.